The Morgan fingerprint density at radius 3 is 2.44 bits per heavy atom. The number of hydrogen-bond donors (Lipinski definition) is 3. The Balaban J connectivity index is 1.93. The Bertz CT molecular complexity index is 780. The minimum absolute atomic E-state index is 0.0298. The van der Waals surface area contributed by atoms with Crippen LogP contribution in [0.1, 0.15) is 26.2 Å². The summed E-state index contributed by atoms with van der Waals surface area (Å²) >= 11 is 5.21. The van der Waals surface area contributed by atoms with Gasteiger partial charge < -0.3 is 10.6 Å². The highest BCUT2D eigenvalue weighted by Gasteiger charge is 2.15. The van der Waals surface area contributed by atoms with Crippen LogP contribution in [0.25, 0.3) is 0 Å². The topological polar surface area (TPSA) is 96.0 Å². The first-order valence-electron chi connectivity index (χ1n) is 7.96. The molecule has 7 nitrogen and oxygen atoms in total. The molecular weight excluding hydrogens is 358 g/mol. The van der Waals surface area contributed by atoms with Crippen LogP contribution in [0.2, 0.25) is 0 Å². The molecule has 1 aromatic heterocycles. The molecule has 0 radical (unpaired) electrons. The second kappa shape index (κ2) is 9.28. The van der Waals surface area contributed by atoms with Crippen molar-refractivity contribution >= 4 is 39.0 Å². The van der Waals surface area contributed by atoms with Gasteiger partial charge in [-0.15, -0.1) is 0 Å². The van der Waals surface area contributed by atoms with E-state index in [1.54, 1.807) is 18.2 Å². The number of nitrogens with zero attached hydrogens (tertiary/aromatic N) is 2. The molecule has 0 unspecified atom stereocenters. The fraction of sp³-hybridized carbons (Fsp3) is 0.312. The zero-order valence-electron chi connectivity index (χ0n) is 13.9. The van der Waals surface area contributed by atoms with E-state index in [0.29, 0.717) is 10.8 Å². The van der Waals surface area contributed by atoms with E-state index in [-0.39, 0.29) is 10.8 Å². The van der Waals surface area contributed by atoms with Crippen LogP contribution in [0.4, 0.5) is 11.6 Å². The fourth-order valence-electron chi connectivity index (χ4n) is 2.00. The average Bonchev–Trinajstić information content (AvgIpc) is 2.60. The molecule has 2 rings (SSSR count). The van der Waals surface area contributed by atoms with Crippen molar-refractivity contribution in [1.29, 1.82) is 0 Å². The molecule has 0 aliphatic rings. The van der Waals surface area contributed by atoms with Crippen LogP contribution in [0.15, 0.2) is 47.6 Å². The number of unbranched alkanes of at least 4 members (excludes halogenated alkanes) is 2. The van der Waals surface area contributed by atoms with Gasteiger partial charge in [-0.1, -0.05) is 19.8 Å². The van der Waals surface area contributed by atoms with Gasteiger partial charge in [0, 0.05) is 24.6 Å². The summed E-state index contributed by atoms with van der Waals surface area (Å²) in [6.45, 7) is 2.96. The molecule has 0 fully saturated rings. The number of thiocarbonyl (C=S) groups is 1. The number of aromatic nitrogens is 2. The third kappa shape index (κ3) is 6.28. The molecule has 9 heteroatoms. The molecule has 25 heavy (non-hydrogen) atoms. The number of nitrogens with one attached hydrogen (secondary N) is 3. The Kier molecular flexibility index (Phi) is 7.08. The molecule has 0 aliphatic carbocycles. The van der Waals surface area contributed by atoms with Gasteiger partial charge in [0.2, 0.25) is 5.95 Å². The van der Waals surface area contributed by atoms with Crippen molar-refractivity contribution in [2.24, 2.45) is 0 Å². The summed E-state index contributed by atoms with van der Waals surface area (Å²) in [5.41, 5.74) is 0.711. The Morgan fingerprint density at radius 1 is 1.12 bits per heavy atom. The van der Waals surface area contributed by atoms with E-state index in [9.17, 15) is 8.42 Å². The third-order valence-corrected chi connectivity index (χ3v) is 4.87. The van der Waals surface area contributed by atoms with Gasteiger partial charge in [0.15, 0.2) is 5.11 Å². The summed E-state index contributed by atoms with van der Waals surface area (Å²) in [4.78, 5) is 7.82. The van der Waals surface area contributed by atoms with Gasteiger partial charge in [-0.05, 0) is 49.0 Å². The minimum Gasteiger partial charge on any atom is -0.362 e. The lowest BCUT2D eigenvalue weighted by atomic mass is 10.2. The number of sulfonamides is 1. The highest BCUT2D eigenvalue weighted by Crippen LogP contribution is 2.16. The zero-order valence-corrected chi connectivity index (χ0v) is 15.5. The van der Waals surface area contributed by atoms with Crippen LogP contribution in [0.3, 0.4) is 0 Å². The van der Waals surface area contributed by atoms with Crippen molar-refractivity contribution in [3.05, 3.63) is 42.7 Å². The van der Waals surface area contributed by atoms with E-state index >= 15 is 0 Å². The molecule has 1 aromatic carbocycles. The number of hydrogen-bond acceptors (Lipinski definition) is 5. The van der Waals surface area contributed by atoms with Crippen molar-refractivity contribution in [2.75, 3.05) is 16.6 Å². The van der Waals surface area contributed by atoms with Crippen molar-refractivity contribution in [3.8, 4) is 0 Å². The maximum atomic E-state index is 12.3. The van der Waals surface area contributed by atoms with Crippen molar-refractivity contribution < 1.29 is 8.42 Å². The number of benzene rings is 1. The maximum absolute atomic E-state index is 12.3. The lowest BCUT2D eigenvalue weighted by molar-refractivity contribution is 0.601. The van der Waals surface area contributed by atoms with Gasteiger partial charge in [0.25, 0.3) is 10.0 Å². The first kappa shape index (κ1) is 19.1. The van der Waals surface area contributed by atoms with E-state index in [1.807, 2.05) is 0 Å². The predicted molar refractivity (Wildman–Crippen MR) is 103 cm³/mol. The fourth-order valence-corrected chi connectivity index (χ4v) is 3.18. The largest absolute Gasteiger partial charge is 0.362 e. The van der Waals surface area contributed by atoms with Crippen LogP contribution < -0.4 is 15.4 Å². The predicted octanol–water partition coefficient (Wildman–Crippen LogP) is 2.75. The van der Waals surface area contributed by atoms with Crippen LogP contribution in [-0.2, 0) is 10.0 Å². The first-order valence-corrected chi connectivity index (χ1v) is 9.85. The van der Waals surface area contributed by atoms with E-state index in [2.05, 4.69) is 32.2 Å². The standard InChI is InChI=1S/C16H21N5O2S2/c1-2-3-4-10-19-16(24)20-13-6-8-14(9-7-13)25(22,23)21-15-17-11-5-12-18-15/h5-9,11-12H,2-4,10H2,1H3,(H,17,18,21)(H2,19,20,24). The summed E-state index contributed by atoms with van der Waals surface area (Å²) in [6.07, 6.45) is 6.29. The van der Waals surface area contributed by atoms with Crippen molar-refractivity contribution in [2.45, 2.75) is 31.1 Å². The molecular formula is C16H21N5O2S2. The maximum Gasteiger partial charge on any atom is 0.264 e. The van der Waals surface area contributed by atoms with E-state index < -0.39 is 10.0 Å². The molecule has 0 amide bonds. The first-order chi connectivity index (χ1) is 12.0. The van der Waals surface area contributed by atoms with Gasteiger partial charge in [0.05, 0.1) is 4.90 Å². The van der Waals surface area contributed by atoms with Crippen LogP contribution in [-0.4, -0.2) is 30.0 Å². The molecule has 0 aliphatic heterocycles. The van der Waals surface area contributed by atoms with Crippen molar-refractivity contribution in [1.82, 2.24) is 15.3 Å². The molecule has 1 heterocycles. The summed E-state index contributed by atoms with van der Waals surface area (Å²) in [5, 5.41) is 6.66. The molecule has 3 N–H and O–H groups in total. The SMILES string of the molecule is CCCCCNC(=S)Nc1ccc(S(=O)(=O)Nc2ncccn2)cc1. The Hall–Kier alpha value is -2.26. The molecule has 0 saturated carbocycles. The lowest BCUT2D eigenvalue weighted by Crippen LogP contribution is -2.29. The second-order valence-corrected chi connectivity index (χ2v) is 7.38. The zero-order chi connectivity index (χ0) is 18.1. The molecule has 134 valence electrons. The summed E-state index contributed by atoms with van der Waals surface area (Å²) in [6, 6.07) is 7.90. The molecule has 0 spiro atoms. The lowest BCUT2D eigenvalue weighted by Gasteiger charge is -2.11. The average molecular weight is 380 g/mol. The second-order valence-electron chi connectivity index (χ2n) is 5.29. The van der Waals surface area contributed by atoms with Gasteiger partial charge in [-0.3, -0.25) is 0 Å². The van der Waals surface area contributed by atoms with E-state index in [1.165, 1.54) is 24.5 Å². The van der Waals surface area contributed by atoms with E-state index in [0.717, 1.165) is 25.8 Å². The molecule has 2 aromatic rings. The van der Waals surface area contributed by atoms with Crippen molar-refractivity contribution in [3.63, 3.8) is 0 Å². The molecule has 0 bridgehead atoms. The Labute approximate surface area is 153 Å². The molecule has 0 saturated heterocycles. The summed E-state index contributed by atoms with van der Waals surface area (Å²) in [5.74, 6) is 0.0298. The van der Waals surface area contributed by atoms with Gasteiger partial charge in [-0.25, -0.2) is 23.1 Å². The smallest absolute Gasteiger partial charge is 0.264 e. The van der Waals surface area contributed by atoms with Gasteiger partial charge >= 0.3 is 0 Å². The van der Waals surface area contributed by atoms with Crippen LogP contribution >= 0.6 is 12.2 Å². The highest BCUT2D eigenvalue weighted by atomic mass is 32.2. The normalized spacial score (nSPS) is 10.9. The third-order valence-electron chi connectivity index (χ3n) is 3.28. The van der Waals surface area contributed by atoms with E-state index in [4.69, 9.17) is 12.2 Å². The monoisotopic (exact) mass is 379 g/mol. The van der Waals surface area contributed by atoms with Gasteiger partial charge in [-0.2, -0.15) is 0 Å². The van der Waals surface area contributed by atoms with Crippen LogP contribution in [0.5, 0.6) is 0 Å². The molecule has 0 atom stereocenters. The summed E-state index contributed by atoms with van der Waals surface area (Å²) < 4.78 is 26.9. The number of rotatable bonds is 8. The van der Waals surface area contributed by atoms with Gasteiger partial charge in [0.1, 0.15) is 0 Å². The summed E-state index contributed by atoms with van der Waals surface area (Å²) in [7, 11) is -3.73. The van der Waals surface area contributed by atoms with Crippen LogP contribution in [0, 0.1) is 0 Å². The highest BCUT2D eigenvalue weighted by molar-refractivity contribution is 7.92. The quantitative estimate of drug-likeness (QED) is 0.479. The minimum atomic E-state index is -3.73. The Morgan fingerprint density at radius 2 is 1.80 bits per heavy atom. The number of anilines is 2.